The number of carbonyl (C=O) groups excluding carboxylic acids is 1. The molecule has 0 radical (unpaired) electrons. The highest BCUT2D eigenvalue weighted by atomic mass is 16.4. The molecule has 1 heterocycles. The van der Waals surface area contributed by atoms with Crippen molar-refractivity contribution in [3.63, 3.8) is 0 Å². The summed E-state index contributed by atoms with van der Waals surface area (Å²) in [5, 5.41) is 8.89. The molecule has 14 heavy (non-hydrogen) atoms. The first-order valence-electron chi connectivity index (χ1n) is 5.05. The van der Waals surface area contributed by atoms with Crippen molar-refractivity contribution in [2.45, 2.75) is 33.1 Å². The molecule has 3 nitrogen and oxygen atoms in total. The number of carbonyl (C=O) groups is 1. The topological polar surface area (TPSA) is 44.6 Å². The van der Waals surface area contributed by atoms with Crippen LogP contribution in [0.15, 0.2) is 24.6 Å². The number of allylic oxidation sites excluding steroid dienone is 2. The molecule has 0 aromatic rings. The minimum absolute atomic E-state index is 0.972. The minimum Gasteiger partial charge on any atom is -0.550 e. The summed E-state index contributed by atoms with van der Waals surface area (Å²) in [6.07, 6.45) is 12.7. The van der Waals surface area contributed by atoms with Crippen LogP contribution in [0.5, 0.6) is 0 Å². The highest BCUT2D eigenvalue weighted by Gasteiger charge is 2.01. The van der Waals surface area contributed by atoms with Gasteiger partial charge in [-0.2, -0.15) is 0 Å². The van der Waals surface area contributed by atoms with Crippen LogP contribution in [0, 0.1) is 0 Å². The molecule has 0 amide bonds. The monoisotopic (exact) mass is 197 g/mol. The first-order chi connectivity index (χ1) is 6.66. The van der Waals surface area contributed by atoms with E-state index in [0.29, 0.717) is 0 Å². The van der Waals surface area contributed by atoms with Crippen LogP contribution in [0.1, 0.15) is 33.1 Å². The maximum absolute atomic E-state index is 8.89. The summed E-state index contributed by atoms with van der Waals surface area (Å²) >= 11 is 0. The van der Waals surface area contributed by atoms with Crippen LogP contribution in [0.2, 0.25) is 0 Å². The number of hydrogen-bond donors (Lipinski definition) is 1. The van der Waals surface area contributed by atoms with Gasteiger partial charge < -0.3 is 9.90 Å². The van der Waals surface area contributed by atoms with E-state index in [1.165, 1.54) is 30.7 Å². The highest BCUT2D eigenvalue weighted by Crippen LogP contribution is 1.90. The van der Waals surface area contributed by atoms with Crippen molar-refractivity contribution < 1.29 is 14.8 Å². The van der Waals surface area contributed by atoms with E-state index in [1.54, 1.807) is 0 Å². The number of unbranched alkanes of at least 4 members (excludes halogenated alkanes) is 2. The Balaban J connectivity index is 0.000000364. The number of carboxylic acid groups (broad SMARTS) is 1. The van der Waals surface area contributed by atoms with E-state index in [4.69, 9.17) is 9.90 Å². The van der Waals surface area contributed by atoms with Gasteiger partial charge in [0, 0.05) is 5.97 Å². The first kappa shape index (κ1) is 12.9. The molecule has 0 aromatic heterocycles. The fourth-order valence-corrected chi connectivity index (χ4v) is 1.16. The van der Waals surface area contributed by atoms with Crippen molar-refractivity contribution in [3.05, 3.63) is 24.6 Å². The molecule has 80 valence electrons. The fraction of sp³-hybridized carbons (Fsp3) is 0.545. The van der Waals surface area contributed by atoms with Crippen LogP contribution in [-0.2, 0) is 4.79 Å². The summed E-state index contributed by atoms with van der Waals surface area (Å²) in [5.41, 5.74) is 0. The fourth-order valence-electron chi connectivity index (χ4n) is 1.16. The van der Waals surface area contributed by atoms with E-state index in [-0.39, 0.29) is 0 Å². The molecule has 0 atom stereocenters. The normalized spacial score (nSPS) is 13.9. The Morgan fingerprint density at radius 1 is 1.29 bits per heavy atom. The summed E-state index contributed by atoms with van der Waals surface area (Å²) in [6, 6.07) is 0. The SMILES string of the molecule is CC(=O)[O-].CCCCC[NH+]1C=CC=C1. The Hall–Kier alpha value is -1.09. The molecule has 1 N–H and O–H groups in total. The van der Waals surface area contributed by atoms with E-state index in [2.05, 4.69) is 31.5 Å². The van der Waals surface area contributed by atoms with Gasteiger partial charge in [-0.05, 0) is 31.9 Å². The molecule has 0 saturated heterocycles. The third-order valence-corrected chi connectivity index (χ3v) is 1.80. The largest absolute Gasteiger partial charge is 0.550 e. The van der Waals surface area contributed by atoms with E-state index in [0.717, 1.165) is 6.92 Å². The zero-order valence-corrected chi connectivity index (χ0v) is 8.95. The quantitative estimate of drug-likeness (QED) is 0.637. The zero-order chi connectivity index (χ0) is 10.8. The summed E-state index contributed by atoms with van der Waals surface area (Å²) < 4.78 is 0. The zero-order valence-electron chi connectivity index (χ0n) is 8.95. The number of aliphatic carboxylic acids is 1. The second-order valence-electron chi connectivity index (χ2n) is 3.24. The molecule has 0 aliphatic carbocycles. The van der Waals surface area contributed by atoms with E-state index in [1.807, 2.05) is 0 Å². The van der Waals surface area contributed by atoms with Crippen molar-refractivity contribution in [1.29, 1.82) is 0 Å². The van der Waals surface area contributed by atoms with Crippen LogP contribution in [-0.4, -0.2) is 12.5 Å². The summed E-state index contributed by atoms with van der Waals surface area (Å²) in [5.74, 6) is -1.08. The molecular formula is C11H19NO2. The van der Waals surface area contributed by atoms with E-state index in [9.17, 15) is 0 Å². The average molecular weight is 197 g/mol. The molecular weight excluding hydrogens is 178 g/mol. The van der Waals surface area contributed by atoms with Gasteiger partial charge in [0.05, 0.1) is 18.9 Å². The molecule has 0 aromatic carbocycles. The molecule has 0 unspecified atom stereocenters. The minimum atomic E-state index is -1.08. The lowest BCUT2D eigenvalue weighted by molar-refractivity contribution is -0.787. The van der Waals surface area contributed by atoms with Crippen molar-refractivity contribution >= 4 is 5.97 Å². The third-order valence-electron chi connectivity index (χ3n) is 1.80. The van der Waals surface area contributed by atoms with Gasteiger partial charge in [-0.25, -0.2) is 0 Å². The van der Waals surface area contributed by atoms with Crippen LogP contribution >= 0.6 is 0 Å². The lowest BCUT2D eigenvalue weighted by Crippen LogP contribution is -3.01. The first-order valence-corrected chi connectivity index (χ1v) is 5.05. The van der Waals surface area contributed by atoms with Crippen molar-refractivity contribution in [2.24, 2.45) is 0 Å². The van der Waals surface area contributed by atoms with E-state index >= 15 is 0 Å². The average Bonchev–Trinajstić information content (AvgIpc) is 2.56. The van der Waals surface area contributed by atoms with Gasteiger partial charge in [0.2, 0.25) is 0 Å². The molecule has 0 saturated carbocycles. The van der Waals surface area contributed by atoms with Crippen LogP contribution in [0.25, 0.3) is 0 Å². The Labute approximate surface area is 85.7 Å². The van der Waals surface area contributed by atoms with Gasteiger partial charge in [0.1, 0.15) is 0 Å². The summed E-state index contributed by atoms with van der Waals surface area (Å²) in [4.78, 5) is 10.4. The van der Waals surface area contributed by atoms with Crippen LogP contribution < -0.4 is 10.0 Å². The standard InChI is InChI=1S/C9H15N.C2H4O2/c1-2-3-4-7-10-8-5-6-9-10;1-2(3)4/h5-6,8-9H,2-4,7H2,1H3;1H3,(H,3,4). The number of nitrogens with one attached hydrogen (secondary N) is 1. The molecule has 0 spiro atoms. The molecule has 3 heteroatoms. The molecule has 0 bridgehead atoms. The number of hydrogen-bond acceptors (Lipinski definition) is 2. The van der Waals surface area contributed by atoms with Gasteiger partial charge >= 0.3 is 0 Å². The summed E-state index contributed by atoms with van der Waals surface area (Å²) in [6.45, 7) is 4.48. The maximum Gasteiger partial charge on any atom is 0.0990 e. The Morgan fingerprint density at radius 2 is 1.79 bits per heavy atom. The lowest BCUT2D eigenvalue weighted by atomic mass is 10.2. The number of rotatable bonds is 4. The molecule has 1 aliphatic heterocycles. The predicted octanol–water partition coefficient (Wildman–Crippen LogP) is -0.141. The van der Waals surface area contributed by atoms with Crippen molar-refractivity contribution in [1.82, 2.24) is 0 Å². The molecule has 0 fully saturated rings. The molecule has 1 rings (SSSR count). The summed E-state index contributed by atoms with van der Waals surface area (Å²) in [7, 11) is 0. The van der Waals surface area contributed by atoms with Crippen LogP contribution in [0.3, 0.4) is 0 Å². The van der Waals surface area contributed by atoms with Gasteiger partial charge in [0.25, 0.3) is 0 Å². The smallest absolute Gasteiger partial charge is 0.0990 e. The Kier molecular flexibility index (Phi) is 7.84. The van der Waals surface area contributed by atoms with Crippen molar-refractivity contribution in [3.8, 4) is 0 Å². The van der Waals surface area contributed by atoms with Crippen LogP contribution in [0.4, 0.5) is 0 Å². The Morgan fingerprint density at radius 3 is 2.21 bits per heavy atom. The third kappa shape index (κ3) is 9.00. The maximum atomic E-state index is 8.89. The van der Waals surface area contributed by atoms with Gasteiger partial charge in [-0.3, -0.25) is 4.90 Å². The van der Waals surface area contributed by atoms with Crippen molar-refractivity contribution in [2.75, 3.05) is 6.54 Å². The lowest BCUT2D eigenvalue weighted by Gasteiger charge is -2.04. The van der Waals surface area contributed by atoms with Gasteiger partial charge in [-0.1, -0.05) is 13.3 Å². The highest BCUT2D eigenvalue weighted by molar-refractivity contribution is 5.60. The number of carboxylic acids is 1. The van der Waals surface area contributed by atoms with Gasteiger partial charge in [-0.15, -0.1) is 0 Å². The Bertz CT molecular complexity index is 193. The van der Waals surface area contributed by atoms with Gasteiger partial charge in [0.15, 0.2) is 0 Å². The predicted molar refractivity (Wildman–Crippen MR) is 54.3 cm³/mol. The molecule has 1 aliphatic rings. The van der Waals surface area contributed by atoms with E-state index < -0.39 is 5.97 Å². The second kappa shape index (κ2) is 8.51. The second-order valence-corrected chi connectivity index (χ2v) is 3.24. The number of quaternary nitrogens is 1.